The van der Waals surface area contributed by atoms with E-state index in [4.69, 9.17) is 5.11 Å². The number of anilines is 2. The van der Waals surface area contributed by atoms with Gasteiger partial charge in [-0.15, -0.1) is 0 Å². The smallest absolute Gasteiger partial charge is 0.302 e. The zero-order chi connectivity index (χ0) is 38.7. The van der Waals surface area contributed by atoms with Crippen molar-refractivity contribution >= 4 is 39.6 Å². The van der Waals surface area contributed by atoms with Crippen LogP contribution in [0.3, 0.4) is 0 Å². The first-order chi connectivity index (χ1) is 25.7. The number of allylic oxidation sites excluding steroid dienone is 4. The fourth-order valence-electron chi connectivity index (χ4n) is 5.82. The number of likely N-dealkylation sites (N-methyl/N-ethyl adjacent to an activating group) is 1. The van der Waals surface area contributed by atoms with Crippen LogP contribution in [0.2, 0.25) is 0 Å². The van der Waals surface area contributed by atoms with Crippen LogP contribution >= 0.6 is 11.8 Å². The molecule has 0 bridgehead atoms. The molecule has 0 saturated carbocycles. The second-order valence-corrected chi connectivity index (χ2v) is 14.3. The van der Waals surface area contributed by atoms with Crippen LogP contribution in [0, 0.1) is 18.4 Å². The summed E-state index contributed by atoms with van der Waals surface area (Å²) in [7, 11) is 3.87. The number of pyridine rings is 1. The minimum absolute atomic E-state index is 0.211. The number of unbranched alkanes of at least 4 members (excludes halogenated alkanes) is 1. The molecule has 53 heavy (non-hydrogen) atoms. The molecule has 0 aliphatic carbocycles. The van der Waals surface area contributed by atoms with Gasteiger partial charge in [0.2, 0.25) is 0 Å². The second-order valence-electron chi connectivity index (χ2n) is 13.1. The minimum atomic E-state index is -0.211. The summed E-state index contributed by atoms with van der Waals surface area (Å²) in [6.45, 7) is 12.7. The van der Waals surface area contributed by atoms with Gasteiger partial charge in [0, 0.05) is 48.1 Å². The summed E-state index contributed by atoms with van der Waals surface area (Å²) >= 11 is 1.89. The van der Waals surface area contributed by atoms with E-state index in [0.717, 1.165) is 49.7 Å². The molecule has 2 aromatic carbocycles. The normalized spacial score (nSPS) is 14.0. The molecule has 8 heteroatoms. The van der Waals surface area contributed by atoms with Crippen molar-refractivity contribution in [2.45, 2.75) is 72.6 Å². The monoisotopic (exact) mass is 738 g/mol. The number of terminal acetylenes is 1. The number of piperidine rings is 1. The zero-order valence-electron chi connectivity index (χ0n) is 32.9. The number of carbonyl (C=O) groups is 1. The molecule has 0 amide bonds. The maximum Gasteiger partial charge on any atom is 0.302 e. The molecular formula is C45H62N4O3S. The van der Waals surface area contributed by atoms with Crippen molar-refractivity contribution in [3.8, 4) is 12.5 Å². The third kappa shape index (κ3) is 18.9. The highest BCUT2D eigenvalue weighted by Crippen LogP contribution is 2.36. The minimum Gasteiger partial charge on any atom is -0.465 e. The molecule has 0 unspecified atom stereocenters. The van der Waals surface area contributed by atoms with Gasteiger partial charge in [0.1, 0.15) is 12.7 Å². The van der Waals surface area contributed by atoms with Crippen LogP contribution in [0.1, 0.15) is 83.9 Å². The Kier molecular flexibility index (Phi) is 23.1. The summed E-state index contributed by atoms with van der Waals surface area (Å²) in [5, 5.41) is 10.8. The molecule has 1 aliphatic heterocycles. The number of likely N-dealkylation sites (tertiary alicyclic amines) is 1. The number of para-hydroxylation sites is 2. The lowest BCUT2D eigenvalue weighted by Gasteiger charge is -2.32. The Hall–Kier alpha value is -4.29. The van der Waals surface area contributed by atoms with Gasteiger partial charge in [-0.1, -0.05) is 99.1 Å². The van der Waals surface area contributed by atoms with E-state index < -0.39 is 0 Å². The number of esters is 1. The Morgan fingerprint density at radius 2 is 1.74 bits per heavy atom. The van der Waals surface area contributed by atoms with Crippen LogP contribution in [0.4, 0.5) is 11.4 Å². The van der Waals surface area contributed by atoms with Crippen molar-refractivity contribution in [2.24, 2.45) is 5.92 Å². The number of hydrogen-bond acceptors (Lipinski definition) is 8. The van der Waals surface area contributed by atoms with Crippen LogP contribution < -0.4 is 5.32 Å². The number of benzene rings is 2. The van der Waals surface area contributed by atoms with Gasteiger partial charge in [-0.25, -0.2) is 0 Å². The maximum absolute atomic E-state index is 10.2. The molecule has 0 spiro atoms. The van der Waals surface area contributed by atoms with Crippen molar-refractivity contribution < 1.29 is 14.6 Å². The largest absolute Gasteiger partial charge is 0.465 e. The molecule has 2 N–H and O–H groups in total. The van der Waals surface area contributed by atoms with Crippen molar-refractivity contribution in [1.29, 1.82) is 0 Å². The molecule has 4 rings (SSSR count). The number of rotatable bonds is 17. The molecule has 0 atom stereocenters. The molecule has 0 radical (unpaired) electrons. The van der Waals surface area contributed by atoms with E-state index in [9.17, 15) is 4.79 Å². The number of aliphatic hydroxyl groups is 1. The SMILES string of the molecule is C#CO.C/C=C(/CN1CCC(CC/C(=C\CCC)c2ccccc2Nc2ccccc2)CC1)S/C(=C/CC)c1ccccn1.CC(=O)OCCN(C)C. The lowest BCUT2D eigenvalue weighted by Crippen LogP contribution is -2.34. The third-order valence-corrected chi connectivity index (χ3v) is 9.85. The molecule has 1 aliphatic rings. The number of thioether (sulfide) groups is 1. The molecule has 7 nitrogen and oxygen atoms in total. The molecule has 286 valence electrons. The fourth-order valence-corrected chi connectivity index (χ4v) is 6.94. The predicted molar refractivity (Wildman–Crippen MR) is 227 cm³/mol. The first-order valence-corrected chi connectivity index (χ1v) is 19.7. The zero-order valence-corrected chi connectivity index (χ0v) is 33.7. The first kappa shape index (κ1) is 44.9. The van der Waals surface area contributed by atoms with E-state index in [1.165, 1.54) is 78.4 Å². The van der Waals surface area contributed by atoms with Crippen molar-refractivity contribution in [2.75, 3.05) is 52.2 Å². The summed E-state index contributed by atoms with van der Waals surface area (Å²) < 4.78 is 4.67. The molecule has 3 aromatic rings. The van der Waals surface area contributed by atoms with Crippen molar-refractivity contribution in [3.63, 3.8) is 0 Å². The lowest BCUT2D eigenvalue weighted by molar-refractivity contribution is -0.141. The molecule has 1 fully saturated rings. The maximum atomic E-state index is 10.2. The number of aromatic nitrogens is 1. The highest BCUT2D eigenvalue weighted by molar-refractivity contribution is 8.11. The second kappa shape index (κ2) is 27.3. The van der Waals surface area contributed by atoms with Crippen LogP contribution in [0.25, 0.3) is 10.5 Å². The molecular weight excluding hydrogens is 677 g/mol. The molecule has 1 aromatic heterocycles. The number of nitrogens with one attached hydrogen (secondary N) is 1. The Morgan fingerprint density at radius 1 is 1.06 bits per heavy atom. The van der Waals surface area contributed by atoms with Gasteiger partial charge < -0.3 is 20.1 Å². The van der Waals surface area contributed by atoms with Gasteiger partial charge in [0.25, 0.3) is 0 Å². The van der Waals surface area contributed by atoms with E-state index >= 15 is 0 Å². The Bertz CT molecular complexity index is 1570. The number of nitrogens with zero attached hydrogens (tertiary/aromatic N) is 3. The predicted octanol–water partition coefficient (Wildman–Crippen LogP) is 10.6. The first-order valence-electron chi connectivity index (χ1n) is 18.9. The van der Waals surface area contributed by atoms with Crippen LogP contribution in [-0.2, 0) is 9.53 Å². The van der Waals surface area contributed by atoms with E-state index in [1.54, 1.807) is 0 Å². The standard InChI is InChI=1S/C37H47N3S.C6H13NO2.C2H2O/c1-4-7-16-31(34-19-11-12-20-35(34)39-32-17-9-8-10-18-32)23-22-30-24-27-40(28-25-30)29-33(6-3)41-37(15-5-2)36-21-13-14-26-38-36;1-6(8)9-5-4-7(2)3;1-2-3/h6,8-21,26,30,39H,4-5,7,22-25,27-29H2,1-3H3;4-5H2,1-3H3;1,3H/b31-16+,33-6-,37-15+;;. The van der Waals surface area contributed by atoms with E-state index in [2.05, 4.69) is 132 Å². The highest BCUT2D eigenvalue weighted by atomic mass is 32.2. The average Bonchev–Trinajstić information content (AvgIpc) is 3.16. The summed E-state index contributed by atoms with van der Waals surface area (Å²) in [6, 6.07) is 25.5. The van der Waals surface area contributed by atoms with Crippen LogP contribution in [0.15, 0.2) is 102 Å². The average molecular weight is 739 g/mol. The van der Waals surface area contributed by atoms with E-state index in [0.29, 0.717) is 6.61 Å². The van der Waals surface area contributed by atoms with Crippen molar-refractivity contribution in [1.82, 2.24) is 14.8 Å². The van der Waals surface area contributed by atoms with Gasteiger partial charge in [-0.05, 0) is 119 Å². The van der Waals surface area contributed by atoms with Gasteiger partial charge >= 0.3 is 5.97 Å². The highest BCUT2D eigenvalue weighted by Gasteiger charge is 2.21. The summed E-state index contributed by atoms with van der Waals surface area (Å²) in [5.74, 6) is 0.577. The third-order valence-electron chi connectivity index (χ3n) is 8.63. The molecule has 2 heterocycles. The molecule has 1 saturated heterocycles. The van der Waals surface area contributed by atoms with Crippen LogP contribution in [-0.4, -0.2) is 72.7 Å². The summed E-state index contributed by atoms with van der Waals surface area (Å²) in [5.41, 5.74) is 6.25. The Labute approximate surface area is 324 Å². The number of aliphatic hydroxyl groups excluding tert-OH is 1. The number of carbonyl (C=O) groups excluding carboxylic acids is 1. The fraction of sp³-hybridized carbons (Fsp3) is 0.422. The van der Waals surface area contributed by atoms with Crippen molar-refractivity contribution in [3.05, 3.63) is 113 Å². The van der Waals surface area contributed by atoms with E-state index in [1.807, 2.05) is 43.0 Å². The van der Waals surface area contributed by atoms with E-state index in [-0.39, 0.29) is 5.97 Å². The van der Waals surface area contributed by atoms with Crippen LogP contribution in [0.5, 0.6) is 0 Å². The summed E-state index contributed by atoms with van der Waals surface area (Å²) in [6.07, 6.45) is 22.7. The number of hydrogen-bond donors (Lipinski definition) is 2. The topological polar surface area (TPSA) is 77.9 Å². The quantitative estimate of drug-likeness (QED) is 0.105. The lowest BCUT2D eigenvalue weighted by atomic mass is 9.88. The Balaban J connectivity index is 0.000000700. The Morgan fingerprint density at radius 3 is 2.34 bits per heavy atom. The van der Waals surface area contributed by atoms with Gasteiger partial charge in [-0.3, -0.25) is 14.7 Å². The van der Waals surface area contributed by atoms with Gasteiger partial charge in [0.05, 0.1) is 5.69 Å². The number of ether oxygens (including phenoxy) is 1. The van der Waals surface area contributed by atoms with Gasteiger partial charge in [-0.2, -0.15) is 0 Å². The van der Waals surface area contributed by atoms with Gasteiger partial charge in [0.15, 0.2) is 0 Å². The summed E-state index contributed by atoms with van der Waals surface area (Å²) in [4.78, 5) is 22.1.